The number of epoxide rings is 1. The van der Waals surface area contributed by atoms with Crippen LogP contribution in [-0.2, 0) is 35.1 Å². The largest absolute Gasteiger partial charge is 0.381 e. The van der Waals surface area contributed by atoms with Gasteiger partial charge in [0, 0.05) is 25.3 Å². The van der Waals surface area contributed by atoms with Crippen LogP contribution in [0.4, 0.5) is 5.82 Å². The molecule has 0 spiro atoms. The Hall–Kier alpha value is -3.35. The van der Waals surface area contributed by atoms with Crippen molar-refractivity contribution in [3.63, 3.8) is 0 Å². The number of aldehydes is 1. The van der Waals surface area contributed by atoms with E-state index in [1.54, 1.807) is 13.2 Å². The van der Waals surface area contributed by atoms with E-state index in [1.807, 2.05) is 30.3 Å². The molecule has 0 bridgehead atoms. The van der Waals surface area contributed by atoms with E-state index in [-0.39, 0.29) is 37.0 Å². The number of ether oxygens (including phenoxy) is 2. The van der Waals surface area contributed by atoms with E-state index in [4.69, 9.17) is 9.47 Å². The number of rotatable bonds is 15. The normalized spacial score (nSPS) is 19.5. The number of hydrogen-bond acceptors (Lipinski definition) is 10. The minimum Gasteiger partial charge on any atom is -0.381 e. The van der Waals surface area contributed by atoms with Crippen molar-refractivity contribution < 1.29 is 28.7 Å². The maximum atomic E-state index is 13.4. The van der Waals surface area contributed by atoms with Crippen molar-refractivity contribution in [3.05, 3.63) is 54.5 Å². The van der Waals surface area contributed by atoms with E-state index >= 15 is 0 Å². The summed E-state index contributed by atoms with van der Waals surface area (Å²) in [6.45, 7) is 1.64. The fourth-order valence-corrected chi connectivity index (χ4v) is 4.25. The number of ketones is 1. The fourth-order valence-electron chi connectivity index (χ4n) is 3.68. The van der Waals surface area contributed by atoms with Crippen molar-refractivity contribution in [1.29, 1.82) is 0 Å². The third kappa shape index (κ3) is 7.34. The van der Waals surface area contributed by atoms with Gasteiger partial charge in [0.25, 0.3) is 5.91 Å². The quantitative estimate of drug-likeness (QED) is 0.168. The second kappa shape index (κ2) is 12.7. The smallest absolute Gasteiger partial charge is 0.256 e. The lowest BCUT2D eigenvalue weighted by Gasteiger charge is -2.30. The summed E-state index contributed by atoms with van der Waals surface area (Å²) in [4.78, 5) is 60.0. The lowest BCUT2D eigenvalue weighted by molar-refractivity contribution is -0.136. The fraction of sp³-hybridized carbons (Fsp3) is 0.440. The van der Waals surface area contributed by atoms with Gasteiger partial charge in [0.1, 0.15) is 17.5 Å². The molecule has 3 unspecified atom stereocenters. The summed E-state index contributed by atoms with van der Waals surface area (Å²) in [5, 5.41) is 8.20. The number of anilines is 1. The third-order valence-electron chi connectivity index (χ3n) is 5.86. The Morgan fingerprint density at radius 2 is 1.95 bits per heavy atom. The number of benzene rings is 1. The molecule has 37 heavy (non-hydrogen) atoms. The van der Waals surface area contributed by atoms with Crippen molar-refractivity contribution in [3.8, 4) is 0 Å². The molecule has 12 heteroatoms. The van der Waals surface area contributed by atoms with Crippen LogP contribution in [0.15, 0.2) is 48.9 Å². The molecule has 0 saturated carbocycles. The number of carbonyl (C=O) groups is 4. The van der Waals surface area contributed by atoms with Crippen LogP contribution in [0.2, 0.25) is 0 Å². The van der Waals surface area contributed by atoms with E-state index in [0.29, 0.717) is 6.29 Å². The first kappa shape index (κ1) is 28.2. The summed E-state index contributed by atoms with van der Waals surface area (Å²) >= 11 is 1.33. The highest BCUT2D eigenvalue weighted by atomic mass is 32.2. The van der Waals surface area contributed by atoms with Crippen molar-refractivity contribution in [2.24, 2.45) is 0 Å². The first-order valence-corrected chi connectivity index (χ1v) is 13.0. The summed E-state index contributed by atoms with van der Waals surface area (Å²) in [5.74, 6) is -1.21. The summed E-state index contributed by atoms with van der Waals surface area (Å²) in [6.07, 6.45) is 6.65. The lowest BCUT2D eigenvalue weighted by atomic mass is 9.94. The Morgan fingerprint density at radius 3 is 2.51 bits per heavy atom. The van der Waals surface area contributed by atoms with Crippen LogP contribution in [-0.4, -0.2) is 89.4 Å². The van der Waals surface area contributed by atoms with Gasteiger partial charge in [-0.25, -0.2) is 4.98 Å². The monoisotopic (exact) mass is 529 g/mol. The average molecular weight is 530 g/mol. The first-order valence-electron chi connectivity index (χ1n) is 11.6. The molecule has 198 valence electrons. The number of amides is 2. The van der Waals surface area contributed by atoms with E-state index in [2.05, 4.69) is 25.9 Å². The van der Waals surface area contributed by atoms with Gasteiger partial charge in [0.05, 0.1) is 25.5 Å². The molecule has 0 aliphatic carbocycles. The first-order chi connectivity index (χ1) is 17.8. The number of methoxy groups -OCH3 is 1. The zero-order chi connectivity index (χ0) is 26.9. The second-order valence-electron chi connectivity index (χ2n) is 8.85. The maximum absolute atomic E-state index is 13.4. The highest BCUT2D eigenvalue weighted by molar-refractivity contribution is 7.98. The van der Waals surface area contributed by atoms with E-state index < -0.39 is 35.0 Å². The van der Waals surface area contributed by atoms with Gasteiger partial charge in [0.2, 0.25) is 5.91 Å². The number of thioether (sulfide) groups is 1. The molecule has 2 aromatic rings. The second-order valence-corrected chi connectivity index (χ2v) is 9.76. The highest BCUT2D eigenvalue weighted by Gasteiger charge is 2.50. The lowest BCUT2D eigenvalue weighted by Crippen LogP contribution is -2.62. The number of Topliss-reactive ketones (excluding diaryl/α,β-unsaturated/α-hetero) is 1. The van der Waals surface area contributed by atoms with Crippen LogP contribution in [0.5, 0.6) is 0 Å². The molecule has 0 radical (unpaired) electrons. The molecular formula is C25H31N5O6S. The zero-order valence-electron chi connectivity index (χ0n) is 20.9. The summed E-state index contributed by atoms with van der Waals surface area (Å²) in [7, 11) is 1.34. The molecule has 1 aliphatic rings. The van der Waals surface area contributed by atoms with Gasteiger partial charge in [-0.1, -0.05) is 30.3 Å². The van der Waals surface area contributed by atoms with Gasteiger partial charge >= 0.3 is 0 Å². The molecule has 4 atom stereocenters. The number of aromatic nitrogens is 2. The molecule has 1 aromatic heterocycles. The van der Waals surface area contributed by atoms with Crippen LogP contribution >= 0.6 is 11.8 Å². The molecule has 2 heterocycles. The molecule has 1 aliphatic heterocycles. The SMILES string of the molecule is COC[C@](C=O)(Nc1cnccn1)C(=O)NC(CSC)C(=O)NC(Cc1ccccc1)C(=O)C1(C)CO1. The average Bonchev–Trinajstić information content (AvgIpc) is 3.66. The van der Waals surface area contributed by atoms with Crippen LogP contribution < -0.4 is 16.0 Å². The number of hydrogen-bond donors (Lipinski definition) is 3. The predicted octanol–water partition coefficient (Wildman–Crippen LogP) is 0.406. The molecular weight excluding hydrogens is 498 g/mol. The predicted molar refractivity (Wildman–Crippen MR) is 138 cm³/mol. The Balaban J connectivity index is 1.79. The number of nitrogens with one attached hydrogen (secondary N) is 3. The Kier molecular flexibility index (Phi) is 9.73. The molecule has 2 amide bonds. The number of carbonyl (C=O) groups excluding carboxylic acids is 4. The molecule has 3 rings (SSSR count). The van der Waals surface area contributed by atoms with E-state index in [9.17, 15) is 19.2 Å². The van der Waals surface area contributed by atoms with Crippen molar-refractivity contribution in [2.45, 2.75) is 36.6 Å². The molecule has 3 N–H and O–H groups in total. The molecule has 1 fully saturated rings. The Bertz CT molecular complexity index is 1090. The van der Waals surface area contributed by atoms with Gasteiger partial charge in [-0.15, -0.1) is 0 Å². The summed E-state index contributed by atoms with van der Waals surface area (Å²) < 4.78 is 10.5. The molecule has 1 aromatic carbocycles. The van der Waals surface area contributed by atoms with Gasteiger partial charge in [0.15, 0.2) is 17.6 Å². The topological polar surface area (TPSA) is 152 Å². The highest BCUT2D eigenvalue weighted by Crippen LogP contribution is 2.29. The van der Waals surface area contributed by atoms with Gasteiger partial charge in [-0.2, -0.15) is 11.8 Å². The van der Waals surface area contributed by atoms with Gasteiger partial charge < -0.3 is 30.2 Å². The van der Waals surface area contributed by atoms with Crippen molar-refractivity contribution in [1.82, 2.24) is 20.6 Å². The Labute approximate surface area is 219 Å². The zero-order valence-corrected chi connectivity index (χ0v) is 21.7. The van der Waals surface area contributed by atoms with Gasteiger partial charge in [-0.3, -0.25) is 19.4 Å². The van der Waals surface area contributed by atoms with Crippen LogP contribution in [0.25, 0.3) is 0 Å². The van der Waals surface area contributed by atoms with E-state index in [0.717, 1.165) is 5.56 Å². The summed E-state index contributed by atoms with van der Waals surface area (Å²) in [5.41, 5.74) is -1.95. The minimum atomic E-state index is -1.86. The minimum absolute atomic E-state index is 0.180. The third-order valence-corrected chi connectivity index (χ3v) is 6.53. The van der Waals surface area contributed by atoms with Crippen LogP contribution in [0.3, 0.4) is 0 Å². The maximum Gasteiger partial charge on any atom is 0.256 e. The molecule has 1 saturated heterocycles. The Morgan fingerprint density at radius 1 is 1.22 bits per heavy atom. The standard InChI is InChI=1S/C25H31N5O6S/c1-24(15-36-24)21(32)18(11-17-7-5-4-6-8-17)28-22(33)19(13-37-3)29-23(34)25(14-31,16-35-2)30-20-12-26-9-10-27-20/h4-10,12,14,18-19H,11,13,15-16H2,1-3H3,(H,27,30)(H,28,33)(H,29,34)/t18?,19?,24?,25-/m0/s1. The van der Waals surface area contributed by atoms with Crippen LogP contribution in [0.1, 0.15) is 12.5 Å². The van der Waals surface area contributed by atoms with Crippen LogP contribution in [0, 0.1) is 0 Å². The van der Waals surface area contributed by atoms with Crippen molar-refractivity contribution >= 4 is 41.5 Å². The van der Waals surface area contributed by atoms with E-state index in [1.165, 1.54) is 37.5 Å². The molecule has 11 nitrogen and oxygen atoms in total. The van der Waals surface area contributed by atoms with Gasteiger partial charge in [-0.05, 0) is 25.2 Å². The van der Waals surface area contributed by atoms with Crippen molar-refractivity contribution in [2.75, 3.05) is 37.6 Å². The number of nitrogens with zero attached hydrogens (tertiary/aromatic N) is 2. The summed E-state index contributed by atoms with van der Waals surface area (Å²) in [6, 6.07) is 7.39.